The zero-order chi connectivity index (χ0) is 28.5. The van der Waals surface area contributed by atoms with E-state index in [1.54, 1.807) is 0 Å². The molecular formula is C39H26N2O2. The maximum Gasteiger partial charge on any atom is 0.147 e. The van der Waals surface area contributed by atoms with E-state index in [0.29, 0.717) is 0 Å². The van der Waals surface area contributed by atoms with Crippen LogP contribution in [0.3, 0.4) is 0 Å². The van der Waals surface area contributed by atoms with Crippen LogP contribution in [0.2, 0.25) is 0 Å². The molecule has 0 N–H and O–H groups in total. The van der Waals surface area contributed by atoms with Crippen molar-refractivity contribution in [3.63, 3.8) is 0 Å². The molecule has 43 heavy (non-hydrogen) atoms. The molecule has 0 unspecified atom stereocenters. The van der Waals surface area contributed by atoms with Crippen LogP contribution in [0.1, 0.15) is 12.7 Å². The Hall–Kier alpha value is -5.61. The molecule has 0 amide bonds. The largest absolute Gasteiger partial charge is 0.455 e. The highest BCUT2D eigenvalue weighted by Crippen LogP contribution is 2.44. The van der Waals surface area contributed by atoms with E-state index in [1.807, 2.05) is 30.3 Å². The van der Waals surface area contributed by atoms with E-state index in [0.717, 1.165) is 95.1 Å². The lowest BCUT2D eigenvalue weighted by Gasteiger charge is -2.10. The summed E-state index contributed by atoms with van der Waals surface area (Å²) >= 11 is 0. The minimum absolute atomic E-state index is 0.851. The summed E-state index contributed by atoms with van der Waals surface area (Å²) in [6.45, 7) is 2.15. The Bertz CT molecular complexity index is 2390. The maximum atomic E-state index is 6.49. The van der Waals surface area contributed by atoms with Crippen LogP contribution in [0.25, 0.3) is 82.9 Å². The first kappa shape index (κ1) is 24.0. The Balaban J connectivity index is 1.17. The molecule has 0 fully saturated rings. The van der Waals surface area contributed by atoms with Gasteiger partial charge in [-0.1, -0.05) is 91.9 Å². The third-order valence-corrected chi connectivity index (χ3v) is 8.59. The highest BCUT2D eigenvalue weighted by molar-refractivity contribution is 6.21. The lowest BCUT2D eigenvalue weighted by atomic mass is 9.96. The SMILES string of the molecule is CCc1nc2ccccc2n1-c1ccc(-c2ccc(-c3c4oc5ccccc5c4cc4c3oc3ccccc34)cc2)cc1. The summed E-state index contributed by atoms with van der Waals surface area (Å²) in [5, 5.41) is 4.42. The van der Waals surface area contributed by atoms with Crippen molar-refractivity contribution in [1.29, 1.82) is 0 Å². The van der Waals surface area contributed by atoms with Crippen LogP contribution < -0.4 is 0 Å². The Morgan fingerprint density at radius 1 is 0.558 bits per heavy atom. The van der Waals surface area contributed by atoms with E-state index in [-0.39, 0.29) is 0 Å². The first-order valence-electron chi connectivity index (χ1n) is 14.7. The molecule has 4 heteroatoms. The molecule has 6 aromatic carbocycles. The van der Waals surface area contributed by atoms with Gasteiger partial charge in [0.05, 0.1) is 16.6 Å². The molecule has 4 nitrogen and oxygen atoms in total. The van der Waals surface area contributed by atoms with Crippen molar-refractivity contribution >= 4 is 54.9 Å². The number of imidazole rings is 1. The van der Waals surface area contributed by atoms with Crippen LogP contribution in [-0.4, -0.2) is 9.55 Å². The van der Waals surface area contributed by atoms with Gasteiger partial charge >= 0.3 is 0 Å². The van der Waals surface area contributed by atoms with Gasteiger partial charge in [0.1, 0.15) is 28.2 Å². The molecular weight excluding hydrogens is 528 g/mol. The molecule has 0 saturated carbocycles. The standard InChI is InChI=1S/C39H26N2O2/c1-2-36-40-32-11-5-6-12-33(32)41(36)27-21-19-25(20-22-27)24-15-17-26(18-16-24)37-38-30(28-9-3-7-13-34(28)42-38)23-31-29-10-4-8-14-35(29)43-39(31)37/h3-23H,2H2,1H3. The van der Waals surface area contributed by atoms with Crippen LogP contribution in [0.5, 0.6) is 0 Å². The van der Waals surface area contributed by atoms with Gasteiger partial charge in [-0.25, -0.2) is 4.98 Å². The second-order valence-corrected chi connectivity index (χ2v) is 11.0. The van der Waals surface area contributed by atoms with Crippen LogP contribution in [-0.2, 0) is 6.42 Å². The number of para-hydroxylation sites is 4. The number of hydrogen-bond donors (Lipinski definition) is 0. The van der Waals surface area contributed by atoms with Crippen molar-refractivity contribution < 1.29 is 8.83 Å². The molecule has 0 radical (unpaired) electrons. The lowest BCUT2D eigenvalue weighted by Crippen LogP contribution is -1.99. The third kappa shape index (κ3) is 3.60. The number of nitrogens with zero attached hydrogens (tertiary/aromatic N) is 2. The Labute approximate surface area is 247 Å². The fourth-order valence-corrected chi connectivity index (χ4v) is 6.53. The normalized spacial score (nSPS) is 11.9. The molecule has 204 valence electrons. The second kappa shape index (κ2) is 9.20. The molecule has 0 spiro atoms. The molecule has 3 heterocycles. The molecule has 0 bridgehead atoms. The van der Waals surface area contributed by atoms with Crippen molar-refractivity contribution in [2.75, 3.05) is 0 Å². The zero-order valence-corrected chi connectivity index (χ0v) is 23.5. The first-order valence-corrected chi connectivity index (χ1v) is 14.7. The number of benzene rings is 6. The lowest BCUT2D eigenvalue weighted by molar-refractivity contribution is 0.658. The summed E-state index contributed by atoms with van der Waals surface area (Å²) in [5.41, 5.74) is 11.1. The van der Waals surface area contributed by atoms with Crippen molar-refractivity contribution in [3.05, 3.63) is 133 Å². The van der Waals surface area contributed by atoms with Gasteiger partial charge in [0.15, 0.2) is 0 Å². The Morgan fingerprint density at radius 3 is 1.72 bits per heavy atom. The van der Waals surface area contributed by atoms with Gasteiger partial charge in [0.2, 0.25) is 0 Å². The number of rotatable bonds is 4. The summed E-state index contributed by atoms with van der Waals surface area (Å²) < 4.78 is 15.2. The molecule has 0 saturated heterocycles. The fourth-order valence-electron chi connectivity index (χ4n) is 6.53. The van der Waals surface area contributed by atoms with Gasteiger partial charge in [-0.3, -0.25) is 4.57 Å². The minimum atomic E-state index is 0.851. The number of fused-ring (bicyclic) bond motifs is 7. The van der Waals surface area contributed by atoms with E-state index in [9.17, 15) is 0 Å². The molecule has 9 aromatic rings. The second-order valence-electron chi connectivity index (χ2n) is 11.0. The molecule has 3 aromatic heterocycles. The molecule has 0 atom stereocenters. The van der Waals surface area contributed by atoms with Gasteiger partial charge in [-0.15, -0.1) is 0 Å². The number of furan rings is 2. The van der Waals surface area contributed by atoms with E-state index in [4.69, 9.17) is 13.8 Å². The van der Waals surface area contributed by atoms with Gasteiger partial charge in [-0.2, -0.15) is 0 Å². The van der Waals surface area contributed by atoms with Gasteiger partial charge in [0.25, 0.3) is 0 Å². The Morgan fingerprint density at radius 2 is 1.09 bits per heavy atom. The first-order chi connectivity index (χ1) is 21.3. The number of aryl methyl sites for hydroxylation is 1. The summed E-state index contributed by atoms with van der Waals surface area (Å²) in [6.07, 6.45) is 0.869. The predicted octanol–water partition coefficient (Wildman–Crippen LogP) is 10.7. The molecule has 0 aliphatic carbocycles. The number of hydrogen-bond acceptors (Lipinski definition) is 3. The maximum absolute atomic E-state index is 6.49. The predicted molar refractivity (Wildman–Crippen MR) is 176 cm³/mol. The highest BCUT2D eigenvalue weighted by atomic mass is 16.3. The summed E-state index contributed by atoms with van der Waals surface area (Å²) in [4.78, 5) is 4.85. The minimum Gasteiger partial charge on any atom is -0.455 e. The van der Waals surface area contributed by atoms with E-state index < -0.39 is 0 Å². The molecule has 0 aliphatic rings. The van der Waals surface area contributed by atoms with E-state index in [2.05, 4.69) is 109 Å². The zero-order valence-electron chi connectivity index (χ0n) is 23.5. The fraction of sp³-hybridized carbons (Fsp3) is 0.0513. The van der Waals surface area contributed by atoms with Crippen LogP contribution in [0.15, 0.2) is 136 Å². The van der Waals surface area contributed by atoms with E-state index in [1.165, 1.54) is 0 Å². The third-order valence-electron chi connectivity index (χ3n) is 8.59. The van der Waals surface area contributed by atoms with Gasteiger partial charge in [-0.05, 0) is 59.2 Å². The average Bonchev–Trinajstić information content (AvgIpc) is 3.75. The topological polar surface area (TPSA) is 44.1 Å². The smallest absolute Gasteiger partial charge is 0.147 e. The summed E-state index contributed by atoms with van der Waals surface area (Å²) in [5.74, 6) is 1.06. The number of aromatic nitrogens is 2. The van der Waals surface area contributed by atoms with E-state index >= 15 is 0 Å². The van der Waals surface area contributed by atoms with Gasteiger partial charge < -0.3 is 8.83 Å². The average molecular weight is 555 g/mol. The van der Waals surface area contributed by atoms with Crippen LogP contribution >= 0.6 is 0 Å². The van der Waals surface area contributed by atoms with Crippen LogP contribution in [0.4, 0.5) is 0 Å². The molecule has 0 aliphatic heterocycles. The van der Waals surface area contributed by atoms with Crippen molar-refractivity contribution in [2.45, 2.75) is 13.3 Å². The monoisotopic (exact) mass is 554 g/mol. The molecule has 9 rings (SSSR count). The summed E-state index contributed by atoms with van der Waals surface area (Å²) in [7, 11) is 0. The van der Waals surface area contributed by atoms with Crippen molar-refractivity contribution in [3.8, 4) is 27.9 Å². The van der Waals surface area contributed by atoms with Crippen molar-refractivity contribution in [1.82, 2.24) is 9.55 Å². The van der Waals surface area contributed by atoms with Crippen LogP contribution in [0, 0.1) is 0 Å². The summed E-state index contributed by atoms with van der Waals surface area (Å²) in [6, 6.07) is 44.5. The Kier molecular flexibility index (Phi) is 5.14. The quantitative estimate of drug-likeness (QED) is 0.217. The highest BCUT2D eigenvalue weighted by Gasteiger charge is 2.21. The van der Waals surface area contributed by atoms with Crippen molar-refractivity contribution in [2.24, 2.45) is 0 Å². The van der Waals surface area contributed by atoms with Gasteiger partial charge in [0, 0.05) is 33.7 Å².